The maximum atomic E-state index is 6.33. The van der Waals surface area contributed by atoms with Crippen LogP contribution < -0.4 is 4.90 Å². The minimum absolute atomic E-state index is 0.939. The lowest BCUT2D eigenvalue weighted by atomic mass is 9.92. The molecule has 0 saturated carbocycles. The van der Waals surface area contributed by atoms with Crippen LogP contribution >= 0.6 is 0 Å². The molecule has 3 heteroatoms. The molecule has 0 aliphatic heterocycles. The summed E-state index contributed by atoms with van der Waals surface area (Å²) in [7, 11) is 0. The number of benzene rings is 10. The van der Waals surface area contributed by atoms with E-state index in [0.717, 1.165) is 33.9 Å². The van der Waals surface area contributed by atoms with Gasteiger partial charge in [-0.05, 0) is 129 Å². The third kappa shape index (κ3) is 4.92. The zero-order chi connectivity index (χ0) is 37.5. The van der Waals surface area contributed by atoms with Crippen LogP contribution in [0.5, 0.6) is 0 Å². The zero-order valence-corrected chi connectivity index (χ0v) is 30.9. The van der Waals surface area contributed by atoms with Crippen molar-refractivity contribution in [2.45, 2.75) is 0 Å². The van der Waals surface area contributed by atoms with Gasteiger partial charge in [0.05, 0.1) is 11.0 Å². The van der Waals surface area contributed by atoms with Gasteiger partial charge < -0.3 is 13.9 Å². The largest absolute Gasteiger partial charge is 0.456 e. The average Bonchev–Trinajstić information content (AvgIpc) is 3.83. The van der Waals surface area contributed by atoms with Crippen molar-refractivity contribution >= 4 is 82.4 Å². The summed E-state index contributed by atoms with van der Waals surface area (Å²) in [5, 5.41) is 9.78. The highest BCUT2D eigenvalue weighted by Gasteiger charge is 2.20. The molecule has 57 heavy (non-hydrogen) atoms. The van der Waals surface area contributed by atoms with Gasteiger partial charge >= 0.3 is 0 Å². The molecule has 2 heterocycles. The second kappa shape index (κ2) is 12.5. The van der Waals surface area contributed by atoms with Gasteiger partial charge in [-0.1, -0.05) is 121 Å². The zero-order valence-electron chi connectivity index (χ0n) is 30.9. The maximum absolute atomic E-state index is 6.33. The van der Waals surface area contributed by atoms with Crippen LogP contribution in [0.15, 0.2) is 211 Å². The predicted molar refractivity (Wildman–Crippen MR) is 240 cm³/mol. The van der Waals surface area contributed by atoms with Crippen LogP contribution in [0.4, 0.5) is 17.1 Å². The predicted octanol–water partition coefficient (Wildman–Crippen LogP) is 15.2. The number of hydrogen-bond donors (Lipinski definition) is 0. The first-order chi connectivity index (χ1) is 28.3. The minimum Gasteiger partial charge on any atom is -0.456 e. The summed E-state index contributed by atoms with van der Waals surface area (Å²) < 4.78 is 8.73. The van der Waals surface area contributed by atoms with Gasteiger partial charge in [0.2, 0.25) is 0 Å². The number of anilines is 3. The number of aromatic nitrogens is 1. The lowest BCUT2D eigenvalue weighted by Gasteiger charge is -2.26. The van der Waals surface area contributed by atoms with Gasteiger partial charge in [0.25, 0.3) is 0 Å². The molecule has 0 radical (unpaired) electrons. The molecule has 0 fully saturated rings. The molecule has 266 valence electrons. The summed E-state index contributed by atoms with van der Waals surface area (Å²) in [6.45, 7) is 0. The molecule has 0 saturated heterocycles. The summed E-state index contributed by atoms with van der Waals surface area (Å²) in [5.41, 5.74) is 13.5. The van der Waals surface area contributed by atoms with E-state index in [9.17, 15) is 0 Å². The quantitative estimate of drug-likeness (QED) is 0.159. The first-order valence-corrected chi connectivity index (χ1v) is 19.5. The summed E-state index contributed by atoms with van der Waals surface area (Å²) in [4.78, 5) is 2.36. The third-order valence-electron chi connectivity index (χ3n) is 11.7. The highest BCUT2D eigenvalue weighted by molar-refractivity contribution is 6.33. The normalized spacial score (nSPS) is 11.9. The van der Waals surface area contributed by atoms with Crippen molar-refractivity contribution in [1.82, 2.24) is 4.57 Å². The van der Waals surface area contributed by atoms with E-state index in [4.69, 9.17) is 4.42 Å². The molecule has 0 amide bonds. The molecule has 0 N–H and O–H groups in total. The van der Waals surface area contributed by atoms with Gasteiger partial charge in [0.1, 0.15) is 11.2 Å². The fourth-order valence-electron chi connectivity index (χ4n) is 9.14. The Balaban J connectivity index is 1.06. The Labute approximate surface area is 329 Å². The molecular formula is C54H34N2O. The minimum atomic E-state index is 0.939. The van der Waals surface area contributed by atoms with Crippen molar-refractivity contribution in [3.63, 3.8) is 0 Å². The number of nitrogens with zero attached hydrogens (tertiary/aromatic N) is 2. The summed E-state index contributed by atoms with van der Waals surface area (Å²) in [6.07, 6.45) is 0. The van der Waals surface area contributed by atoms with Crippen LogP contribution in [-0.4, -0.2) is 4.57 Å². The molecule has 0 spiro atoms. The van der Waals surface area contributed by atoms with E-state index in [1.165, 1.54) is 76.4 Å². The van der Waals surface area contributed by atoms with E-state index in [1.54, 1.807) is 0 Å². The Morgan fingerprint density at radius 3 is 1.53 bits per heavy atom. The van der Waals surface area contributed by atoms with E-state index in [1.807, 2.05) is 0 Å². The smallest absolute Gasteiger partial charge is 0.136 e. The van der Waals surface area contributed by atoms with Gasteiger partial charge in [-0.2, -0.15) is 0 Å². The van der Waals surface area contributed by atoms with E-state index >= 15 is 0 Å². The Morgan fingerprint density at radius 1 is 0.316 bits per heavy atom. The molecule has 0 aliphatic rings. The SMILES string of the molecule is c1ccc(-c2ccc(N(c3ccccc3)c3ccc4c(c3)c3cc(-c5ccc6c(c5)c5cccc7oc8cccc6c8c75)ccc3n4-c3ccccc3)cc2)cc1. The van der Waals surface area contributed by atoms with Crippen molar-refractivity contribution in [3.8, 4) is 27.9 Å². The van der Waals surface area contributed by atoms with E-state index < -0.39 is 0 Å². The van der Waals surface area contributed by atoms with Crippen molar-refractivity contribution in [1.29, 1.82) is 0 Å². The van der Waals surface area contributed by atoms with Crippen LogP contribution in [0.1, 0.15) is 0 Å². The molecule has 2 aromatic heterocycles. The lowest BCUT2D eigenvalue weighted by molar-refractivity contribution is 0.669. The Hall–Kier alpha value is -7.62. The number of fused-ring (bicyclic) bond motifs is 6. The van der Waals surface area contributed by atoms with Gasteiger partial charge in [-0.25, -0.2) is 0 Å². The number of furan rings is 1. The molecule has 0 atom stereocenters. The highest BCUT2D eigenvalue weighted by atomic mass is 16.3. The van der Waals surface area contributed by atoms with Gasteiger partial charge in [-0.3, -0.25) is 0 Å². The fraction of sp³-hybridized carbons (Fsp3) is 0. The molecular weight excluding hydrogens is 693 g/mol. The Kier molecular flexibility index (Phi) is 6.93. The lowest BCUT2D eigenvalue weighted by Crippen LogP contribution is -2.09. The number of rotatable bonds is 6. The summed E-state index contributed by atoms with van der Waals surface area (Å²) in [5.74, 6) is 0. The van der Waals surface area contributed by atoms with E-state index in [-0.39, 0.29) is 0 Å². The molecule has 10 aromatic carbocycles. The third-order valence-corrected chi connectivity index (χ3v) is 11.7. The van der Waals surface area contributed by atoms with Gasteiger partial charge in [-0.15, -0.1) is 0 Å². The van der Waals surface area contributed by atoms with Crippen LogP contribution in [0.2, 0.25) is 0 Å². The van der Waals surface area contributed by atoms with E-state index in [2.05, 4.69) is 216 Å². The van der Waals surface area contributed by atoms with Crippen molar-refractivity contribution < 1.29 is 4.42 Å². The first kappa shape index (κ1) is 31.7. The van der Waals surface area contributed by atoms with E-state index in [0.29, 0.717) is 0 Å². The van der Waals surface area contributed by atoms with Crippen LogP contribution in [-0.2, 0) is 0 Å². The summed E-state index contributed by atoms with van der Waals surface area (Å²) in [6, 6.07) is 74.5. The van der Waals surface area contributed by atoms with Gasteiger partial charge in [0, 0.05) is 44.3 Å². The fourth-order valence-corrected chi connectivity index (χ4v) is 9.14. The average molecular weight is 727 g/mol. The first-order valence-electron chi connectivity index (χ1n) is 19.5. The number of para-hydroxylation sites is 2. The monoisotopic (exact) mass is 726 g/mol. The number of hydrogen-bond acceptors (Lipinski definition) is 2. The topological polar surface area (TPSA) is 21.3 Å². The van der Waals surface area contributed by atoms with Crippen molar-refractivity contribution in [2.24, 2.45) is 0 Å². The molecule has 12 aromatic rings. The molecule has 12 rings (SSSR count). The molecule has 0 bridgehead atoms. The summed E-state index contributed by atoms with van der Waals surface area (Å²) >= 11 is 0. The second-order valence-corrected chi connectivity index (χ2v) is 14.9. The van der Waals surface area contributed by atoms with Crippen LogP contribution in [0.3, 0.4) is 0 Å². The van der Waals surface area contributed by atoms with Crippen LogP contribution in [0, 0.1) is 0 Å². The second-order valence-electron chi connectivity index (χ2n) is 14.9. The standard InChI is InChI=1S/C54H34N2O/c1-4-12-35(13-5-1)36-22-26-41(27-23-36)55(39-14-6-2-7-15-39)42-28-31-50-48(34-42)47-33-38(25-30-49(47)56(50)40-16-8-3-9-17-40)37-24-29-43-44-18-10-20-51-53(44)54-45(46(43)32-37)19-11-21-52(54)57-51/h1-34H. The molecule has 3 nitrogen and oxygen atoms in total. The highest BCUT2D eigenvalue weighted by Crippen LogP contribution is 2.45. The van der Waals surface area contributed by atoms with Crippen molar-refractivity contribution in [2.75, 3.05) is 4.90 Å². The molecule has 0 aliphatic carbocycles. The maximum Gasteiger partial charge on any atom is 0.136 e. The van der Waals surface area contributed by atoms with Crippen molar-refractivity contribution in [3.05, 3.63) is 206 Å². The van der Waals surface area contributed by atoms with Crippen LogP contribution in [0.25, 0.3) is 93.2 Å². The van der Waals surface area contributed by atoms with Gasteiger partial charge in [0.15, 0.2) is 0 Å². The Bertz CT molecular complexity index is 3440. The molecule has 0 unspecified atom stereocenters. The Morgan fingerprint density at radius 2 is 0.825 bits per heavy atom.